The SMILES string of the molecule is COc1ccccc1N[C@@H](C)C(=O)Nc1ccccc1C#N. The number of carbonyl (C=O) groups is 1. The summed E-state index contributed by atoms with van der Waals surface area (Å²) in [7, 11) is 1.58. The first-order valence-corrected chi connectivity index (χ1v) is 6.85. The minimum Gasteiger partial charge on any atom is -0.495 e. The van der Waals surface area contributed by atoms with Crippen LogP contribution in [-0.4, -0.2) is 19.1 Å². The van der Waals surface area contributed by atoms with Crippen molar-refractivity contribution in [1.82, 2.24) is 0 Å². The van der Waals surface area contributed by atoms with Crippen LogP contribution in [0.25, 0.3) is 0 Å². The third-order valence-corrected chi connectivity index (χ3v) is 3.18. The van der Waals surface area contributed by atoms with Crippen LogP contribution in [0, 0.1) is 11.3 Å². The summed E-state index contributed by atoms with van der Waals surface area (Å²) in [5.41, 5.74) is 1.67. The van der Waals surface area contributed by atoms with E-state index in [2.05, 4.69) is 16.7 Å². The van der Waals surface area contributed by atoms with Gasteiger partial charge in [0.15, 0.2) is 0 Å². The number of rotatable bonds is 5. The largest absolute Gasteiger partial charge is 0.495 e. The first kappa shape index (κ1) is 15.4. The van der Waals surface area contributed by atoms with E-state index < -0.39 is 6.04 Å². The van der Waals surface area contributed by atoms with E-state index in [1.165, 1.54) is 0 Å². The fourth-order valence-electron chi connectivity index (χ4n) is 1.99. The van der Waals surface area contributed by atoms with Crippen LogP contribution < -0.4 is 15.4 Å². The molecular formula is C17H17N3O2. The number of carbonyl (C=O) groups excluding carboxylic acids is 1. The van der Waals surface area contributed by atoms with Crippen LogP contribution in [-0.2, 0) is 4.79 Å². The number of ether oxygens (including phenoxy) is 1. The van der Waals surface area contributed by atoms with Crippen LogP contribution in [0.1, 0.15) is 12.5 Å². The number of methoxy groups -OCH3 is 1. The second kappa shape index (κ2) is 7.14. The fourth-order valence-corrected chi connectivity index (χ4v) is 1.99. The van der Waals surface area contributed by atoms with E-state index in [1.54, 1.807) is 38.3 Å². The maximum Gasteiger partial charge on any atom is 0.246 e. The molecule has 2 aromatic rings. The number of amides is 1. The average molecular weight is 295 g/mol. The van der Waals surface area contributed by atoms with Crippen molar-refractivity contribution >= 4 is 17.3 Å². The zero-order chi connectivity index (χ0) is 15.9. The van der Waals surface area contributed by atoms with Gasteiger partial charge in [-0.05, 0) is 31.2 Å². The molecule has 0 saturated heterocycles. The molecule has 0 radical (unpaired) electrons. The fraction of sp³-hybridized carbons (Fsp3) is 0.176. The summed E-state index contributed by atoms with van der Waals surface area (Å²) in [6.07, 6.45) is 0. The Balaban J connectivity index is 2.08. The molecule has 0 aromatic heterocycles. The number of nitriles is 1. The molecular weight excluding hydrogens is 278 g/mol. The predicted octanol–water partition coefficient (Wildman–Crippen LogP) is 3.01. The van der Waals surface area contributed by atoms with Gasteiger partial charge < -0.3 is 15.4 Å². The molecule has 0 aliphatic carbocycles. The van der Waals surface area contributed by atoms with E-state index in [0.29, 0.717) is 17.0 Å². The Morgan fingerprint density at radius 1 is 1.14 bits per heavy atom. The van der Waals surface area contributed by atoms with E-state index in [4.69, 9.17) is 10.00 Å². The molecule has 22 heavy (non-hydrogen) atoms. The van der Waals surface area contributed by atoms with Crippen molar-refractivity contribution in [2.24, 2.45) is 0 Å². The minimum atomic E-state index is -0.483. The van der Waals surface area contributed by atoms with E-state index in [-0.39, 0.29) is 5.91 Å². The summed E-state index contributed by atoms with van der Waals surface area (Å²) in [6.45, 7) is 1.75. The van der Waals surface area contributed by atoms with Crippen LogP contribution >= 0.6 is 0 Å². The van der Waals surface area contributed by atoms with Crippen molar-refractivity contribution in [2.75, 3.05) is 17.7 Å². The molecule has 0 bridgehead atoms. The van der Waals surface area contributed by atoms with Gasteiger partial charge in [0.2, 0.25) is 5.91 Å². The Morgan fingerprint density at radius 3 is 2.45 bits per heavy atom. The van der Waals surface area contributed by atoms with E-state index in [9.17, 15) is 4.79 Å². The van der Waals surface area contributed by atoms with Gasteiger partial charge in [-0.2, -0.15) is 5.26 Å². The van der Waals surface area contributed by atoms with Gasteiger partial charge in [0, 0.05) is 0 Å². The lowest BCUT2D eigenvalue weighted by Crippen LogP contribution is -2.32. The molecule has 0 aliphatic rings. The molecule has 0 fully saturated rings. The molecule has 1 atom stereocenters. The third-order valence-electron chi connectivity index (χ3n) is 3.18. The maximum absolute atomic E-state index is 12.3. The van der Waals surface area contributed by atoms with Gasteiger partial charge >= 0.3 is 0 Å². The van der Waals surface area contributed by atoms with Crippen LogP contribution in [0.4, 0.5) is 11.4 Å². The zero-order valence-corrected chi connectivity index (χ0v) is 12.5. The summed E-state index contributed by atoms with van der Waals surface area (Å²) < 4.78 is 5.24. The highest BCUT2D eigenvalue weighted by Crippen LogP contribution is 2.24. The van der Waals surface area contributed by atoms with Gasteiger partial charge in [-0.1, -0.05) is 24.3 Å². The highest BCUT2D eigenvalue weighted by atomic mass is 16.5. The second-order valence-electron chi connectivity index (χ2n) is 4.71. The highest BCUT2D eigenvalue weighted by Gasteiger charge is 2.15. The summed E-state index contributed by atoms with van der Waals surface area (Å²) in [5, 5.41) is 14.9. The van der Waals surface area contributed by atoms with E-state index in [0.717, 1.165) is 5.69 Å². The molecule has 2 rings (SSSR count). The highest BCUT2D eigenvalue weighted by molar-refractivity contribution is 5.97. The molecule has 5 heteroatoms. The van der Waals surface area contributed by atoms with Crippen LogP contribution in [0.5, 0.6) is 5.75 Å². The smallest absolute Gasteiger partial charge is 0.246 e. The Morgan fingerprint density at radius 2 is 1.77 bits per heavy atom. The molecule has 1 amide bonds. The van der Waals surface area contributed by atoms with Crippen molar-refractivity contribution in [1.29, 1.82) is 5.26 Å². The number of anilines is 2. The third kappa shape index (κ3) is 3.55. The summed E-state index contributed by atoms with van der Waals surface area (Å²) in [6, 6.07) is 15.8. The van der Waals surface area contributed by atoms with Gasteiger partial charge in [0.1, 0.15) is 17.9 Å². The van der Waals surface area contributed by atoms with Crippen molar-refractivity contribution in [3.8, 4) is 11.8 Å². The molecule has 5 nitrogen and oxygen atoms in total. The normalized spacial score (nSPS) is 11.1. The standard InChI is InChI=1S/C17H17N3O2/c1-12(19-15-9-5-6-10-16(15)22-2)17(21)20-14-8-4-3-7-13(14)11-18/h3-10,12,19H,1-2H3,(H,20,21)/t12-/m0/s1. The molecule has 112 valence electrons. The van der Waals surface area contributed by atoms with E-state index in [1.807, 2.05) is 24.3 Å². The number of benzene rings is 2. The molecule has 2 aromatic carbocycles. The summed E-state index contributed by atoms with van der Waals surface area (Å²) in [5.74, 6) is 0.438. The van der Waals surface area contributed by atoms with Crippen LogP contribution in [0.2, 0.25) is 0 Å². The topological polar surface area (TPSA) is 74.2 Å². The number of hydrogen-bond acceptors (Lipinski definition) is 4. The second-order valence-corrected chi connectivity index (χ2v) is 4.71. The van der Waals surface area contributed by atoms with Crippen LogP contribution in [0.15, 0.2) is 48.5 Å². The van der Waals surface area contributed by atoms with Gasteiger partial charge in [0.25, 0.3) is 0 Å². The van der Waals surface area contributed by atoms with Crippen molar-refractivity contribution in [2.45, 2.75) is 13.0 Å². The minimum absolute atomic E-state index is 0.228. The first-order chi connectivity index (χ1) is 10.7. The van der Waals surface area contributed by atoms with Gasteiger partial charge in [-0.15, -0.1) is 0 Å². The predicted molar refractivity (Wildman–Crippen MR) is 85.9 cm³/mol. The van der Waals surface area contributed by atoms with Gasteiger partial charge in [0.05, 0.1) is 24.0 Å². The molecule has 2 N–H and O–H groups in total. The summed E-state index contributed by atoms with van der Waals surface area (Å²) in [4.78, 5) is 12.3. The van der Waals surface area contributed by atoms with Crippen LogP contribution in [0.3, 0.4) is 0 Å². The Kier molecular flexibility index (Phi) is 4.99. The molecule has 0 aliphatic heterocycles. The van der Waals surface area contributed by atoms with E-state index >= 15 is 0 Å². The van der Waals surface area contributed by atoms with Gasteiger partial charge in [-0.25, -0.2) is 0 Å². The zero-order valence-electron chi connectivity index (χ0n) is 12.5. The number of hydrogen-bond donors (Lipinski definition) is 2. The summed E-state index contributed by atoms with van der Waals surface area (Å²) >= 11 is 0. The van der Waals surface area contributed by atoms with Crippen molar-refractivity contribution in [3.05, 3.63) is 54.1 Å². The maximum atomic E-state index is 12.3. The molecule has 0 saturated carbocycles. The average Bonchev–Trinajstić information content (AvgIpc) is 2.55. The number of nitrogens with zero attached hydrogens (tertiary/aromatic N) is 1. The number of para-hydroxylation sites is 3. The van der Waals surface area contributed by atoms with Gasteiger partial charge in [-0.3, -0.25) is 4.79 Å². The Hall–Kier alpha value is -3.00. The first-order valence-electron chi connectivity index (χ1n) is 6.85. The monoisotopic (exact) mass is 295 g/mol. The van der Waals surface area contributed by atoms with Crippen molar-refractivity contribution < 1.29 is 9.53 Å². The van der Waals surface area contributed by atoms with Crippen molar-refractivity contribution in [3.63, 3.8) is 0 Å². The lowest BCUT2D eigenvalue weighted by molar-refractivity contribution is -0.116. The number of nitrogens with one attached hydrogen (secondary N) is 2. The Bertz CT molecular complexity index is 707. The molecule has 0 heterocycles. The molecule has 0 unspecified atom stereocenters. The Labute approximate surface area is 129 Å². The quantitative estimate of drug-likeness (QED) is 0.889. The molecule has 0 spiro atoms. The lowest BCUT2D eigenvalue weighted by atomic mass is 10.2. The lowest BCUT2D eigenvalue weighted by Gasteiger charge is -2.17.